The van der Waals surface area contributed by atoms with Crippen LogP contribution < -0.4 is 4.74 Å². The molecule has 2 saturated heterocycles. The fraction of sp³-hybridized carbons (Fsp3) is 0.360. The first-order chi connectivity index (χ1) is 15.2. The second kappa shape index (κ2) is 8.85. The zero-order valence-corrected chi connectivity index (χ0v) is 18.1. The average Bonchev–Trinajstić information content (AvgIpc) is 3.35. The lowest BCUT2D eigenvalue weighted by molar-refractivity contribution is -0.142. The summed E-state index contributed by atoms with van der Waals surface area (Å²) in [6.45, 7) is 2.14. The first-order valence-corrected chi connectivity index (χ1v) is 11.3. The summed E-state index contributed by atoms with van der Waals surface area (Å²) < 4.78 is 11.7. The first kappa shape index (κ1) is 20.3. The maximum Gasteiger partial charge on any atom is 0.251 e. The van der Waals surface area contributed by atoms with Crippen LogP contribution in [0.15, 0.2) is 54.7 Å². The van der Waals surface area contributed by atoms with Crippen molar-refractivity contribution in [2.75, 3.05) is 19.7 Å². The van der Waals surface area contributed by atoms with Gasteiger partial charge in [-0.1, -0.05) is 41.9 Å². The van der Waals surface area contributed by atoms with Gasteiger partial charge in [0, 0.05) is 49.7 Å². The van der Waals surface area contributed by atoms with Crippen molar-refractivity contribution in [3.05, 3.63) is 59.8 Å². The number of pyridine rings is 1. The van der Waals surface area contributed by atoms with Gasteiger partial charge in [0.25, 0.3) is 5.91 Å². The largest absolute Gasteiger partial charge is 0.490 e. The van der Waals surface area contributed by atoms with Crippen LogP contribution in [-0.4, -0.2) is 47.7 Å². The molecule has 2 aliphatic rings. The number of halogens is 1. The Morgan fingerprint density at radius 2 is 1.84 bits per heavy atom. The highest BCUT2D eigenvalue weighted by atomic mass is 35.5. The van der Waals surface area contributed by atoms with Gasteiger partial charge in [0.15, 0.2) is 0 Å². The van der Waals surface area contributed by atoms with E-state index in [-0.39, 0.29) is 18.1 Å². The number of fused-ring (bicyclic) bond motifs is 1. The van der Waals surface area contributed by atoms with E-state index in [0.717, 1.165) is 66.6 Å². The van der Waals surface area contributed by atoms with E-state index in [4.69, 9.17) is 21.1 Å². The predicted molar refractivity (Wildman–Crippen MR) is 121 cm³/mol. The zero-order chi connectivity index (χ0) is 21.2. The molecule has 31 heavy (non-hydrogen) atoms. The summed E-state index contributed by atoms with van der Waals surface area (Å²) in [6, 6.07) is 15.9. The van der Waals surface area contributed by atoms with Gasteiger partial charge in [-0.15, -0.1) is 0 Å². The van der Waals surface area contributed by atoms with E-state index in [9.17, 15) is 4.79 Å². The molecule has 0 spiro atoms. The fourth-order valence-corrected chi connectivity index (χ4v) is 4.70. The number of nitrogens with zero attached hydrogens (tertiary/aromatic N) is 2. The summed E-state index contributed by atoms with van der Waals surface area (Å²) in [5, 5.41) is 1.66. The Kier molecular flexibility index (Phi) is 5.79. The van der Waals surface area contributed by atoms with E-state index in [0.29, 0.717) is 11.6 Å². The third-order valence-electron chi connectivity index (χ3n) is 6.14. The number of carbonyl (C=O) groups is 1. The van der Waals surface area contributed by atoms with Crippen molar-refractivity contribution in [1.29, 1.82) is 0 Å². The quantitative estimate of drug-likeness (QED) is 0.570. The molecule has 2 aliphatic heterocycles. The minimum Gasteiger partial charge on any atom is -0.490 e. The lowest BCUT2D eigenvalue weighted by Crippen LogP contribution is -2.45. The van der Waals surface area contributed by atoms with Crippen molar-refractivity contribution in [3.8, 4) is 16.9 Å². The van der Waals surface area contributed by atoms with Gasteiger partial charge in [0.05, 0.1) is 10.5 Å². The van der Waals surface area contributed by atoms with Crippen LogP contribution in [0.4, 0.5) is 0 Å². The molecule has 0 bridgehead atoms. The second-order valence-electron chi connectivity index (χ2n) is 8.17. The maximum absolute atomic E-state index is 12.5. The number of carbonyl (C=O) groups excluding carboxylic acids is 1. The van der Waals surface area contributed by atoms with Crippen molar-refractivity contribution in [2.24, 2.45) is 0 Å². The van der Waals surface area contributed by atoms with Crippen LogP contribution in [0, 0.1) is 0 Å². The Balaban J connectivity index is 1.21. The summed E-state index contributed by atoms with van der Waals surface area (Å²) >= 11 is 6.65. The average molecular weight is 437 g/mol. The maximum atomic E-state index is 12.5. The number of likely N-dealkylation sites (tertiary alicyclic amines) is 1. The van der Waals surface area contributed by atoms with Crippen molar-refractivity contribution >= 4 is 28.4 Å². The molecule has 3 aromatic rings. The van der Waals surface area contributed by atoms with Crippen LogP contribution in [0.2, 0.25) is 5.02 Å². The topological polar surface area (TPSA) is 51.7 Å². The van der Waals surface area contributed by atoms with Gasteiger partial charge in [-0.2, -0.15) is 0 Å². The number of amides is 1. The Labute approximate surface area is 186 Å². The summed E-state index contributed by atoms with van der Waals surface area (Å²) in [5.41, 5.74) is 2.81. The van der Waals surface area contributed by atoms with Gasteiger partial charge >= 0.3 is 0 Å². The van der Waals surface area contributed by atoms with Gasteiger partial charge in [0.2, 0.25) is 0 Å². The number of hydrogen-bond acceptors (Lipinski definition) is 4. The standard InChI is InChI=1S/C25H25ClN2O3/c26-24-20-4-1-2-5-22(20)27-16-21(24)17-7-9-18(10-8-17)31-19-11-13-28(14-12-19)25(29)23-6-3-15-30-23/h1-2,4-5,7-10,16,19,23H,3,6,11-15H2. The number of para-hydroxylation sites is 1. The van der Waals surface area contributed by atoms with Gasteiger partial charge in [-0.05, 0) is 36.6 Å². The van der Waals surface area contributed by atoms with Crippen LogP contribution >= 0.6 is 11.6 Å². The lowest BCUT2D eigenvalue weighted by atomic mass is 10.0. The summed E-state index contributed by atoms with van der Waals surface area (Å²) in [4.78, 5) is 18.9. The van der Waals surface area contributed by atoms with Crippen LogP contribution in [0.25, 0.3) is 22.0 Å². The molecule has 160 valence electrons. The van der Waals surface area contributed by atoms with Gasteiger partial charge < -0.3 is 14.4 Å². The number of aromatic nitrogens is 1. The molecular formula is C25H25ClN2O3. The molecule has 1 atom stereocenters. The minimum atomic E-state index is -0.235. The van der Waals surface area contributed by atoms with Gasteiger partial charge in [0.1, 0.15) is 18.0 Å². The number of ether oxygens (including phenoxy) is 2. The molecule has 3 heterocycles. The molecule has 0 aliphatic carbocycles. The van der Waals surface area contributed by atoms with Crippen LogP contribution in [0.3, 0.4) is 0 Å². The molecule has 2 aromatic carbocycles. The van der Waals surface area contributed by atoms with Crippen LogP contribution in [-0.2, 0) is 9.53 Å². The fourth-order valence-electron chi connectivity index (χ4n) is 4.38. The van der Waals surface area contributed by atoms with E-state index in [2.05, 4.69) is 4.98 Å². The molecule has 0 N–H and O–H groups in total. The molecule has 2 fully saturated rings. The number of hydrogen-bond donors (Lipinski definition) is 0. The van der Waals surface area contributed by atoms with E-state index in [1.165, 1.54) is 0 Å². The summed E-state index contributed by atoms with van der Waals surface area (Å²) in [5.74, 6) is 0.971. The molecule has 1 aromatic heterocycles. The molecule has 1 amide bonds. The van der Waals surface area contributed by atoms with Crippen molar-refractivity contribution in [3.63, 3.8) is 0 Å². The van der Waals surface area contributed by atoms with Crippen molar-refractivity contribution in [1.82, 2.24) is 9.88 Å². The SMILES string of the molecule is O=C(C1CCCO1)N1CCC(Oc2ccc(-c3cnc4ccccc4c3Cl)cc2)CC1. The first-order valence-electron chi connectivity index (χ1n) is 10.9. The van der Waals surface area contributed by atoms with E-state index in [1.807, 2.05) is 59.6 Å². The lowest BCUT2D eigenvalue weighted by Gasteiger charge is -2.33. The normalized spacial score (nSPS) is 19.6. The molecule has 1 unspecified atom stereocenters. The highest BCUT2D eigenvalue weighted by Crippen LogP contribution is 2.34. The predicted octanol–water partition coefficient (Wildman–Crippen LogP) is 5.10. The van der Waals surface area contributed by atoms with E-state index < -0.39 is 0 Å². The van der Waals surface area contributed by atoms with Crippen LogP contribution in [0.1, 0.15) is 25.7 Å². The number of rotatable bonds is 4. The molecule has 6 heteroatoms. The molecular weight excluding hydrogens is 412 g/mol. The minimum absolute atomic E-state index is 0.116. The van der Waals surface area contributed by atoms with E-state index >= 15 is 0 Å². The Bertz CT molecular complexity index is 1070. The summed E-state index contributed by atoms with van der Waals surface area (Å²) in [6.07, 6.45) is 5.19. The summed E-state index contributed by atoms with van der Waals surface area (Å²) in [7, 11) is 0. The Morgan fingerprint density at radius 3 is 2.58 bits per heavy atom. The van der Waals surface area contributed by atoms with Gasteiger partial charge in [-0.3, -0.25) is 9.78 Å². The van der Waals surface area contributed by atoms with Crippen molar-refractivity contribution in [2.45, 2.75) is 37.9 Å². The second-order valence-corrected chi connectivity index (χ2v) is 8.55. The monoisotopic (exact) mass is 436 g/mol. The van der Waals surface area contributed by atoms with Gasteiger partial charge in [-0.25, -0.2) is 0 Å². The molecule has 5 rings (SSSR count). The number of piperidine rings is 1. The smallest absolute Gasteiger partial charge is 0.251 e. The zero-order valence-electron chi connectivity index (χ0n) is 17.3. The Morgan fingerprint density at radius 1 is 1.06 bits per heavy atom. The third-order valence-corrected chi connectivity index (χ3v) is 6.54. The van der Waals surface area contributed by atoms with Crippen LogP contribution in [0.5, 0.6) is 5.75 Å². The third kappa shape index (κ3) is 4.25. The molecule has 0 radical (unpaired) electrons. The van der Waals surface area contributed by atoms with Crippen molar-refractivity contribution < 1.29 is 14.3 Å². The highest BCUT2D eigenvalue weighted by Gasteiger charge is 2.31. The Hall–Kier alpha value is -2.63. The molecule has 5 nitrogen and oxygen atoms in total. The molecule has 0 saturated carbocycles. The van der Waals surface area contributed by atoms with E-state index in [1.54, 1.807) is 0 Å². The number of benzene rings is 2. The highest BCUT2D eigenvalue weighted by molar-refractivity contribution is 6.38.